The van der Waals surface area contributed by atoms with Crippen LogP contribution in [0.3, 0.4) is 0 Å². The molecule has 13 nitrogen and oxygen atoms in total. The molecule has 2 aliphatic carbocycles. The molecule has 1 aromatic rings. The average molecular weight is 697 g/mol. The molecule has 4 rings (SSSR count). The van der Waals surface area contributed by atoms with Crippen molar-refractivity contribution >= 4 is 35.4 Å². The van der Waals surface area contributed by atoms with Crippen LogP contribution in [0.2, 0.25) is 0 Å². The molecule has 13 heteroatoms. The molecule has 1 aliphatic heterocycles. The third-order valence-corrected chi connectivity index (χ3v) is 10.5. The van der Waals surface area contributed by atoms with E-state index in [0.717, 1.165) is 37.7 Å². The molecule has 0 spiro atoms. The number of rotatable bonds is 14. The van der Waals surface area contributed by atoms with Crippen molar-refractivity contribution in [2.24, 2.45) is 28.9 Å². The van der Waals surface area contributed by atoms with E-state index in [4.69, 9.17) is 10.5 Å². The van der Waals surface area contributed by atoms with Crippen LogP contribution in [0, 0.1) is 23.2 Å². The normalized spacial score (nSPS) is 21.5. The molecule has 0 bridgehead atoms. The Hall–Kier alpha value is -4.16. The Morgan fingerprint density at radius 1 is 0.980 bits per heavy atom. The molecule has 4 atom stereocenters. The minimum absolute atomic E-state index is 0.00206. The van der Waals surface area contributed by atoms with Crippen LogP contribution in [0.25, 0.3) is 0 Å². The summed E-state index contributed by atoms with van der Waals surface area (Å²) in [4.78, 5) is 81.6. The Balaban J connectivity index is 1.50. The Morgan fingerprint density at radius 2 is 1.62 bits per heavy atom. The number of nitrogens with two attached hydrogens (primary N) is 1. The predicted molar refractivity (Wildman–Crippen MR) is 187 cm³/mol. The number of Topliss-reactive ketones (excluding diaryl/α,β-unsaturated/α-hetero) is 1. The number of urea groups is 1. The van der Waals surface area contributed by atoms with Gasteiger partial charge < -0.3 is 36.6 Å². The van der Waals surface area contributed by atoms with Crippen LogP contribution in [0.15, 0.2) is 24.3 Å². The number of nitrogens with zero attached hydrogens (tertiary/aromatic N) is 1. The van der Waals surface area contributed by atoms with E-state index < -0.39 is 58.6 Å². The van der Waals surface area contributed by atoms with Gasteiger partial charge in [0.05, 0.1) is 13.2 Å². The van der Waals surface area contributed by atoms with E-state index >= 15 is 0 Å². The highest BCUT2D eigenvalue weighted by atomic mass is 16.5. The second kappa shape index (κ2) is 16.2. The number of primary amides is 1. The fourth-order valence-corrected chi connectivity index (χ4v) is 7.06. The number of amides is 6. The molecule has 1 unspecified atom stereocenters. The summed E-state index contributed by atoms with van der Waals surface area (Å²) < 4.78 is 5.22. The van der Waals surface area contributed by atoms with Crippen LogP contribution < -0.4 is 31.7 Å². The molecule has 50 heavy (non-hydrogen) atoms. The Kier molecular flexibility index (Phi) is 12.6. The lowest BCUT2D eigenvalue weighted by molar-refractivity contribution is -0.143. The summed E-state index contributed by atoms with van der Waals surface area (Å²) in [6.45, 7) is 10.1. The van der Waals surface area contributed by atoms with Crippen LogP contribution in [0.1, 0.15) is 98.0 Å². The van der Waals surface area contributed by atoms with Gasteiger partial charge in [-0.2, -0.15) is 0 Å². The van der Waals surface area contributed by atoms with Crippen molar-refractivity contribution in [2.45, 2.75) is 123 Å². The average Bonchev–Trinajstić information content (AvgIpc) is 3.77. The van der Waals surface area contributed by atoms with E-state index in [1.165, 1.54) is 4.90 Å². The topological polar surface area (TPSA) is 189 Å². The number of carbonyl (C=O) groups excluding carboxylic acids is 6. The van der Waals surface area contributed by atoms with Crippen LogP contribution in [-0.2, 0) is 30.5 Å². The Morgan fingerprint density at radius 3 is 2.16 bits per heavy atom. The van der Waals surface area contributed by atoms with E-state index in [9.17, 15) is 28.8 Å². The van der Waals surface area contributed by atoms with Crippen LogP contribution in [-0.4, -0.2) is 77.7 Å². The Bertz CT molecular complexity index is 1410. The molecule has 3 aliphatic rings. The first-order valence-corrected chi connectivity index (χ1v) is 18.0. The summed E-state index contributed by atoms with van der Waals surface area (Å²) in [7, 11) is 1.59. The minimum Gasteiger partial charge on any atom is -0.497 e. The molecule has 1 saturated heterocycles. The van der Waals surface area contributed by atoms with Gasteiger partial charge in [0.1, 0.15) is 23.4 Å². The summed E-state index contributed by atoms with van der Waals surface area (Å²) in [6.07, 6.45) is 5.90. The number of hydrogen-bond donors (Lipinski definition) is 5. The number of methoxy groups -OCH3 is 1. The van der Waals surface area contributed by atoms with Gasteiger partial charge in [0.2, 0.25) is 23.5 Å². The van der Waals surface area contributed by atoms with E-state index in [1.807, 2.05) is 58.9 Å². The zero-order chi connectivity index (χ0) is 36.8. The number of likely N-dealkylation sites (tertiary alicyclic amines) is 1. The van der Waals surface area contributed by atoms with Gasteiger partial charge in [0.25, 0.3) is 5.91 Å². The van der Waals surface area contributed by atoms with Crippen molar-refractivity contribution in [3.63, 3.8) is 0 Å². The van der Waals surface area contributed by atoms with Gasteiger partial charge in [0.15, 0.2) is 0 Å². The second-order valence-electron chi connectivity index (χ2n) is 15.8. The molecule has 6 N–H and O–H groups in total. The fourth-order valence-electron chi connectivity index (χ4n) is 7.06. The van der Waals surface area contributed by atoms with Gasteiger partial charge >= 0.3 is 6.03 Å². The molecule has 2 saturated carbocycles. The number of nitrogens with one attached hydrogen (secondary N) is 4. The highest BCUT2D eigenvalue weighted by Crippen LogP contribution is 2.35. The largest absolute Gasteiger partial charge is 0.497 e. The van der Waals surface area contributed by atoms with Gasteiger partial charge in [-0.1, -0.05) is 78.9 Å². The van der Waals surface area contributed by atoms with E-state index in [0.29, 0.717) is 38.0 Å². The molecule has 6 amide bonds. The quantitative estimate of drug-likeness (QED) is 0.185. The van der Waals surface area contributed by atoms with E-state index in [-0.39, 0.29) is 30.2 Å². The first-order valence-electron chi connectivity index (χ1n) is 18.0. The lowest BCUT2D eigenvalue weighted by Gasteiger charge is -2.39. The van der Waals surface area contributed by atoms with E-state index in [2.05, 4.69) is 21.3 Å². The van der Waals surface area contributed by atoms with E-state index in [1.54, 1.807) is 7.11 Å². The van der Waals surface area contributed by atoms with Crippen molar-refractivity contribution in [1.82, 2.24) is 26.2 Å². The zero-order valence-corrected chi connectivity index (χ0v) is 30.4. The third kappa shape index (κ3) is 9.75. The lowest BCUT2D eigenvalue weighted by atomic mass is 9.80. The number of hydrogen-bond acceptors (Lipinski definition) is 7. The molecule has 0 aromatic heterocycles. The summed E-state index contributed by atoms with van der Waals surface area (Å²) in [5, 5.41) is 11.6. The molecule has 1 aromatic carbocycles. The molecule has 1 heterocycles. The summed E-state index contributed by atoms with van der Waals surface area (Å²) >= 11 is 0. The highest BCUT2D eigenvalue weighted by Gasteiger charge is 2.47. The van der Waals surface area contributed by atoms with Crippen molar-refractivity contribution < 1.29 is 33.5 Å². The SMILES string of the molecule is COc1ccc(CNC(=O)C2(NC(=O)N[C@H](C(=O)N3C[C@H](C(C)C)C[C@H]3C(=O)NC(CC3CC3)C(=O)C(N)=O)C(C)(C)C)CCCCC2)cc1. The maximum absolute atomic E-state index is 14.4. The van der Waals surface area contributed by atoms with Crippen LogP contribution >= 0.6 is 0 Å². The molecule has 3 fully saturated rings. The standard InChI is InChI=1S/C37H56N6O7/c1-22(2)25-19-28(32(46)40-27(18-23-10-11-23)29(44)31(38)45)43(21-25)33(47)30(36(3,4)5)41-35(49)42-37(16-8-7-9-17-37)34(48)39-20-24-12-14-26(50-6)15-13-24/h12-15,22-23,25,27-28,30H,7-11,16-21H2,1-6H3,(H2,38,45)(H,39,48)(H,40,46)(H2,41,42,49)/t25-,27?,28+,30-/m1/s1. The summed E-state index contributed by atoms with van der Waals surface area (Å²) in [5.41, 5.74) is 4.27. The lowest BCUT2D eigenvalue weighted by Crippen LogP contribution is -2.65. The van der Waals surface area contributed by atoms with Crippen LogP contribution in [0.5, 0.6) is 5.75 Å². The van der Waals surface area contributed by atoms with Crippen molar-refractivity contribution in [2.75, 3.05) is 13.7 Å². The van der Waals surface area contributed by atoms with Gasteiger partial charge in [0, 0.05) is 13.1 Å². The predicted octanol–water partition coefficient (Wildman–Crippen LogP) is 2.94. The zero-order valence-electron chi connectivity index (χ0n) is 30.4. The summed E-state index contributed by atoms with van der Waals surface area (Å²) in [5.74, 6) is -2.10. The second-order valence-corrected chi connectivity index (χ2v) is 15.8. The Labute approximate surface area is 295 Å². The molecule has 276 valence electrons. The smallest absolute Gasteiger partial charge is 0.316 e. The number of ketones is 1. The third-order valence-electron chi connectivity index (χ3n) is 10.5. The maximum atomic E-state index is 14.4. The number of ether oxygens (including phenoxy) is 1. The summed E-state index contributed by atoms with van der Waals surface area (Å²) in [6, 6.07) is 3.73. The fraction of sp³-hybridized carbons (Fsp3) is 0.676. The molecule has 0 radical (unpaired) electrons. The monoisotopic (exact) mass is 696 g/mol. The number of benzene rings is 1. The van der Waals surface area contributed by atoms with Crippen molar-refractivity contribution in [3.8, 4) is 5.75 Å². The van der Waals surface area contributed by atoms with Crippen molar-refractivity contribution in [1.29, 1.82) is 0 Å². The maximum Gasteiger partial charge on any atom is 0.316 e. The first-order chi connectivity index (χ1) is 23.5. The highest BCUT2D eigenvalue weighted by molar-refractivity contribution is 6.37. The number of carbonyl (C=O) groups is 6. The van der Waals surface area contributed by atoms with Gasteiger partial charge in [-0.15, -0.1) is 0 Å². The van der Waals surface area contributed by atoms with Gasteiger partial charge in [-0.3, -0.25) is 24.0 Å². The first kappa shape index (κ1) is 38.6. The van der Waals surface area contributed by atoms with Crippen molar-refractivity contribution in [3.05, 3.63) is 29.8 Å². The van der Waals surface area contributed by atoms with Gasteiger partial charge in [-0.05, 0) is 66.5 Å². The van der Waals surface area contributed by atoms with Crippen LogP contribution in [0.4, 0.5) is 4.79 Å². The molecular formula is C37H56N6O7. The molecular weight excluding hydrogens is 640 g/mol. The minimum atomic E-state index is -1.15. The van der Waals surface area contributed by atoms with Gasteiger partial charge in [-0.25, -0.2) is 4.79 Å².